The van der Waals surface area contributed by atoms with Crippen LogP contribution < -0.4 is 14.7 Å². The first kappa shape index (κ1) is 25.4. The molecule has 39 heavy (non-hydrogen) atoms. The van der Waals surface area contributed by atoms with E-state index < -0.39 is 11.7 Å². The molecular weight excluding hydrogens is 505 g/mol. The smallest absolute Gasteiger partial charge is 0.378 e. The molecule has 2 fully saturated rings. The van der Waals surface area contributed by atoms with E-state index >= 15 is 0 Å². The van der Waals surface area contributed by atoms with E-state index in [0.29, 0.717) is 51.9 Å². The third-order valence-electron chi connectivity index (χ3n) is 7.35. The van der Waals surface area contributed by atoms with Gasteiger partial charge in [-0.1, -0.05) is 36.4 Å². The van der Waals surface area contributed by atoms with Gasteiger partial charge in [0.15, 0.2) is 0 Å². The number of pyridine rings is 1. The standard InChI is InChI=1S/C29H29F3N6O/c1-20-19-37(27-24(29(30,31)32)7-4-10-33-27)11-12-38(20)26-18-25(34-28(35-26)36-13-15-39-16-14-36)23-9-8-21-5-2-3-6-22(21)17-23/h2-10,17-18,20H,11-16,19H2,1H3/t20-/m1/s1. The lowest BCUT2D eigenvalue weighted by molar-refractivity contribution is -0.137. The molecule has 0 N–H and O–H groups in total. The zero-order chi connectivity index (χ0) is 27.0. The maximum atomic E-state index is 13.7. The van der Waals surface area contributed by atoms with Crippen LogP contribution in [0.1, 0.15) is 12.5 Å². The molecule has 0 amide bonds. The van der Waals surface area contributed by atoms with E-state index in [-0.39, 0.29) is 11.9 Å². The van der Waals surface area contributed by atoms with Gasteiger partial charge in [-0.2, -0.15) is 18.2 Å². The minimum atomic E-state index is -4.46. The third-order valence-corrected chi connectivity index (χ3v) is 7.35. The van der Waals surface area contributed by atoms with Crippen molar-refractivity contribution in [2.24, 2.45) is 0 Å². The van der Waals surface area contributed by atoms with E-state index in [4.69, 9.17) is 14.7 Å². The predicted octanol–water partition coefficient (Wildman–Crippen LogP) is 5.26. The number of hydrogen-bond donors (Lipinski definition) is 0. The summed E-state index contributed by atoms with van der Waals surface area (Å²) in [6.07, 6.45) is -3.05. The van der Waals surface area contributed by atoms with Crippen LogP contribution in [0.2, 0.25) is 0 Å². The second kappa shape index (κ2) is 10.3. The van der Waals surface area contributed by atoms with Gasteiger partial charge in [-0.25, -0.2) is 9.97 Å². The summed E-state index contributed by atoms with van der Waals surface area (Å²) in [7, 11) is 0. The van der Waals surface area contributed by atoms with Crippen LogP contribution in [0.4, 0.5) is 30.8 Å². The van der Waals surface area contributed by atoms with Crippen LogP contribution in [-0.2, 0) is 10.9 Å². The zero-order valence-electron chi connectivity index (χ0n) is 21.6. The highest BCUT2D eigenvalue weighted by Crippen LogP contribution is 2.36. The van der Waals surface area contributed by atoms with Crippen LogP contribution in [0.5, 0.6) is 0 Å². The first-order valence-electron chi connectivity index (χ1n) is 13.1. The number of rotatable bonds is 4. The summed E-state index contributed by atoms with van der Waals surface area (Å²) in [5.74, 6) is 1.38. The van der Waals surface area contributed by atoms with E-state index in [9.17, 15) is 13.2 Å². The maximum absolute atomic E-state index is 13.7. The molecule has 0 spiro atoms. The van der Waals surface area contributed by atoms with Crippen molar-refractivity contribution < 1.29 is 17.9 Å². The molecule has 2 aliphatic heterocycles. The van der Waals surface area contributed by atoms with Crippen LogP contribution in [0.25, 0.3) is 22.0 Å². The van der Waals surface area contributed by atoms with Crippen LogP contribution in [0.15, 0.2) is 66.9 Å². The van der Waals surface area contributed by atoms with Gasteiger partial charge >= 0.3 is 6.18 Å². The number of fused-ring (bicyclic) bond motifs is 1. The Hall–Kier alpha value is -3.92. The molecule has 0 bridgehead atoms. The van der Waals surface area contributed by atoms with Gasteiger partial charge in [-0.05, 0) is 35.9 Å². The molecule has 2 aromatic heterocycles. The lowest BCUT2D eigenvalue weighted by Crippen LogP contribution is -2.53. The van der Waals surface area contributed by atoms with E-state index in [1.54, 1.807) is 4.90 Å². The summed E-state index contributed by atoms with van der Waals surface area (Å²) < 4.78 is 46.5. The zero-order valence-corrected chi connectivity index (χ0v) is 21.6. The number of hydrogen-bond acceptors (Lipinski definition) is 7. The van der Waals surface area contributed by atoms with E-state index in [1.807, 2.05) is 25.1 Å². The molecule has 10 heteroatoms. The summed E-state index contributed by atoms with van der Waals surface area (Å²) in [6.45, 7) is 5.92. The maximum Gasteiger partial charge on any atom is 0.419 e. The molecule has 0 radical (unpaired) electrons. The van der Waals surface area contributed by atoms with Crippen molar-refractivity contribution in [3.8, 4) is 11.3 Å². The molecule has 0 aliphatic carbocycles. The minimum absolute atomic E-state index is 0.0231. The van der Waals surface area contributed by atoms with Gasteiger partial charge in [-0.15, -0.1) is 0 Å². The van der Waals surface area contributed by atoms with Gasteiger partial charge in [0, 0.05) is 56.6 Å². The van der Waals surface area contributed by atoms with Crippen molar-refractivity contribution in [3.05, 3.63) is 72.4 Å². The Morgan fingerprint density at radius 3 is 2.41 bits per heavy atom. The molecule has 202 valence electrons. The lowest BCUT2D eigenvalue weighted by atomic mass is 10.0. The monoisotopic (exact) mass is 534 g/mol. The van der Waals surface area contributed by atoms with Crippen LogP contribution in [-0.4, -0.2) is 66.9 Å². The van der Waals surface area contributed by atoms with Crippen molar-refractivity contribution in [2.45, 2.75) is 19.1 Å². The van der Waals surface area contributed by atoms with Gasteiger partial charge in [-0.3, -0.25) is 0 Å². The fourth-order valence-corrected chi connectivity index (χ4v) is 5.33. The quantitative estimate of drug-likeness (QED) is 0.354. The van der Waals surface area contributed by atoms with E-state index in [2.05, 4.69) is 45.1 Å². The first-order valence-corrected chi connectivity index (χ1v) is 13.1. The number of morpholine rings is 1. The SMILES string of the molecule is C[C@@H]1CN(c2ncccc2C(F)(F)F)CCN1c1cc(-c2ccc3ccccc3c2)nc(N2CCOCC2)n1. The molecule has 4 heterocycles. The number of anilines is 3. The van der Waals surface area contributed by atoms with Crippen molar-refractivity contribution >= 4 is 28.4 Å². The Labute approximate surface area is 224 Å². The van der Waals surface area contributed by atoms with Crippen molar-refractivity contribution in [1.82, 2.24) is 15.0 Å². The van der Waals surface area contributed by atoms with E-state index in [0.717, 1.165) is 33.9 Å². The fraction of sp³-hybridized carbons (Fsp3) is 0.345. The normalized spacial score (nSPS) is 18.6. The molecule has 7 nitrogen and oxygen atoms in total. The first-order chi connectivity index (χ1) is 18.9. The summed E-state index contributed by atoms with van der Waals surface area (Å²) in [5.41, 5.74) is 1.09. The average Bonchev–Trinajstić information content (AvgIpc) is 2.96. The minimum Gasteiger partial charge on any atom is -0.378 e. The number of benzene rings is 2. The largest absolute Gasteiger partial charge is 0.419 e. The van der Waals surface area contributed by atoms with Crippen molar-refractivity contribution in [2.75, 3.05) is 60.6 Å². The van der Waals surface area contributed by atoms with Crippen LogP contribution in [0, 0.1) is 0 Å². The van der Waals surface area contributed by atoms with Crippen LogP contribution >= 0.6 is 0 Å². The third kappa shape index (κ3) is 5.21. The Morgan fingerprint density at radius 1 is 0.846 bits per heavy atom. The van der Waals surface area contributed by atoms with Gasteiger partial charge in [0.05, 0.1) is 24.5 Å². The highest BCUT2D eigenvalue weighted by molar-refractivity contribution is 5.87. The molecular formula is C29H29F3N6O. The van der Waals surface area contributed by atoms with Gasteiger partial charge < -0.3 is 19.4 Å². The number of halogens is 3. The summed E-state index contributed by atoms with van der Waals surface area (Å²) >= 11 is 0. The molecule has 0 saturated carbocycles. The summed E-state index contributed by atoms with van der Waals surface area (Å²) in [5, 5.41) is 2.28. The molecule has 2 saturated heterocycles. The van der Waals surface area contributed by atoms with Gasteiger partial charge in [0.2, 0.25) is 5.95 Å². The predicted molar refractivity (Wildman–Crippen MR) is 146 cm³/mol. The van der Waals surface area contributed by atoms with E-state index in [1.165, 1.54) is 12.3 Å². The Bertz CT molecular complexity index is 1470. The average molecular weight is 535 g/mol. The second-order valence-corrected chi connectivity index (χ2v) is 9.93. The van der Waals surface area contributed by atoms with Crippen molar-refractivity contribution in [3.63, 3.8) is 0 Å². The second-order valence-electron chi connectivity index (χ2n) is 9.93. The van der Waals surface area contributed by atoms with Gasteiger partial charge in [0.25, 0.3) is 0 Å². The molecule has 6 rings (SSSR count). The number of ether oxygens (including phenoxy) is 1. The molecule has 0 unspecified atom stereocenters. The lowest BCUT2D eigenvalue weighted by Gasteiger charge is -2.42. The highest BCUT2D eigenvalue weighted by Gasteiger charge is 2.37. The number of piperazine rings is 1. The topological polar surface area (TPSA) is 57.6 Å². The Morgan fingerprint density at radius 2 is 1.64 bits per heavy atom. The fourth-order valence-electron chi connectivity index (χ4n) is 5.33. The number of nitrogens with zero attached hydrogens (tertiary/aromatic N) is 6. The number of alkyl halides is 3. The summed E-state index contributed by atoms with van der Waals surface area (Å²) in [6, 6.07) is 18.8. The van der Waals surface area contributed by atoms with Crippen molar-refractivity contribution in [1.29, 1.82) is 0 Å². The summed E-state index contributed by atoms with van der Waals surface area (Å²) in [4.78, 5) is 20.0. The molecule has 1 atom stereocenters. The van der Waals surface area contributed by atoms with Crippen LogP contribution in [0.3, 0.4) is 0 Å². The van der Waals surface area contributed by atoms with Gasteiger partial charge in [0.1, 0.15) is 11.6 Å². The number of aromatic nitrogens is 3. The molecule has 4 aromatic rings. The molecule has 2 aliphatic rings. The Balaban J connectivity index is 1.34. The highest BCUT2D eigenvalue weighted by atomic mass is 19.4. The Kier molecular flexibility index (Phi) is 6.72. The molecule has 2 aromatic carbocycles.